The molecular weight excluding hydrogens is 1570 g/mol. The Bertz CT molecular complexity index is 5640. The van der Waals surface area contributed by atoms with Gasteiger partial charge in [0.2, 0.25) is 0 Å². The number of carbonyl (C=O) groups is 4. The lowest BCUT2D eigenvalue weighted by Crippen LogP contribution is -2.45. The monoisotopic (exact) mass is 1660 g/mol. The zero-order chi connectivity index (χ0) is 86.0. The van der Waals surface area contributed by atoms with E-state index in [0.29, 0.717) is 56.9 Å². The van der Waals surface area contributed by atoms with Crippen LogP contribution < -0.4 is 19.6 Å². The van der Waals surface area contributed by atoms with Gasteiger partial charge in [0.15, 0.2) is 17.5 Å². The topological polar surface area (TPSA) is 387 Å². The highest BCUT2D eigenvalue weighted by Gasteiger charge is 2.45. The Kier molecular flexibility index (Phi) is 26.3. The number of imide groups is 2. The first kappa shape index (κ1) is 85.4. The number of aliphatic hydroxyl groups is 3. The Morgan fingerprint density at radius 2 is 1.04 bits per heavy atom. The summed E-state index contributed by atoms with van der Waals surface area (Å²) in [6.45, 7) is 23.9. The Morgan fingerprint density at radius 1 is 0.570 bits per heavy atom. The molecule has 5 fully saturated rings. The molecule has 0 radical (unpaired) electrons. The molecule has 8 atom stereocenters. The fourth-order valence-corrected chi connectivity index (χ4v) is 15.0. The zero-order valence-corrected chi connectivity index (χ0v) is 68.0. The molecular formula is C87H88ClF2N21O10. The highest BCUT2D eigenvalue weighted by molar-refractivity contribution is 6.35. The van der Waals surface area contributed by atoms with E-state index in [1.165, 1.54) is 64.3 Å². The third kappa shape index (κ3) is 20.5. The van der Waals surface area contributed by atoms with Crippen molar-refractivity contribution < 1.29 is 57.5 Å². The number of nitrogens with zero attached hydrogens (tertiary/aromatic N) is 20. The van der Waals surface area contributed by atoms with E-state index in [1.54, 1.807) is 60.0 Å². The number of H-pyrrole nitrogens is 1. The van der Waals surface area contributed by atoms with Gasteiger partial charge in [-0.25, -0.2) is 49.4 Å². The van der Waals surface area contributed by atoms with Crippen LogP contribution in [0.4, 0.5) is 41.6 Å². The minimum absolute atomic E-state index is 0.00660. The summed E-state index contributed by atoms with van der Waals surface area (Å²) < 4.78 is 50.8. The number of rotatable bonds is 11. The number of hydrogen-bond donors (Lipinski definition) is 4. The van der Waals surface area contributed by atoms with E-state index in [2.05, 4.69) is 106 Å². The van der Waals surface area contributed by atoms with E-state index in [0.717, 1.165) is 72.9 Å². The maximum atomic E-state index is 15.0. The Balaban J connectivity index is 0.000000137. The van der Waals surface area contributed by atoms with Crippen LogP contribution in [0.2, 0.25) is 5.02 Å². The number of halogens is 3. The van der Waals surface area contributed by atoms with Crippen LogP contribution in [0.1, 0.15) is 122 Å². The number of ether oxygens (including phenoxy) is 3. The molecule has 622 valence electrons. The van der Waals surface area contributed by atoms with Crippen molar-refractivity contribution in [3.05, 3.63) is 231 Å². The fourth-order valence-electron chi connectivity index (χ4n) is 14.7. The van der Waals surface area contributed by atoms with E-state index in [9.17, 15) is 49.4 Å². The van der Waals surface area contributed by atoms with Gasteiger partial charge in [-0.3, -0.25) is 24.1 Å². The zero-order valence-electron chi connectivity index (χ0n) is 67.2. The van der Waals surface area contributed by atoms with Crippen molar-refractivity contribution >= 4 is 58.9 Å². The Morgan fingerprint density at radius 3 is 1.53 bits per heavy atom. The predicted molar refractivity (Wildman–Crippen MR) is 440 cm³/mol. The van der Waals surface area contributed by atoms with E-state index in [1.807, 2.05) is 78.8 Å². The summed E-state index contributed by atoms with van der Waals surface area (Å²) in [6, 6.07) is 46.9. The second-order valence-corrected chi connectivity index (χ2v) is 32.2. The van der Waals surface area contributed by atoms with Crippen LogP contribution in [0.3, 0.4) is 0 Å². The number of aromatic nitrogens is 10. The molecule has 5 saturated heterocycles. The van der Waals surface area contributed by atoms with Crippen molar-refractivity contribution in [1.29, 1.82) is 21.0 Å². The molecule has 0 spiro atoms. The molecule has 6 aromatic heterocycles. The van der Waals surface area contributed by atoms with E-state index < -0.39 is 71.2 Å². The Labute approximate surface area is 701 Å². The molecule has 34 heteroatoms. The minimum Gasteiger partial charge on any atom is -0.443 e. The molecule has 0 bridgehead atoms. The van der Waals surface area contributed by atoms with Gasteiger partial charge in [-0.05, 0) is 108 Å². The molecule has 10 aromatic rings. The summed E-state index contributed by atoms with van der Waals surface area (Å²) in [5.41, 5.74) is 2.04. The van der Waals surface area contributed by atoms with Gasteiger partial charge in [0.1, 0.15) is 40.9 Å². The van der Waals surface area contributed by atoms with Crippen LogP contribution in [0.5, 0.6) is 0 Å². The maximum Gasteiger partial charge on any atom is 0.417 e. The quantitative estimate of drug-likeness (QED) is 0.0690. The summed E-state index contributed by atoms with van der Waals surface area (Å²) in [4.78, 5) is 73.5. The first-order valence-corrected chi connectivity index (χ1v) is 39.7. The number of amides is 4. The molecule has 121 heavy (non-hydrogen) atoms. The molecule has 4 unspecified atom stereocenters. The summed E-state index contributed by atoms with van der Waals surface area (Å²) >= 11 is 6.23. The summed E-state index contributed by atoms with van der Waals surface area (Å²) in [5.74, 6) is 0.297. The van der Waals surface area contributed by atoms with Gasteiger partial charge < -0.3 is 54.0 Å². The van der Waals surface area contributed by atoms with Crippen molar-refractivity contribution in [3.8, 4) is 52.5 Å². The first-order valence-electron chi connectivity index (χ1n) is 39.3. The minimum atomic E-state index is -0.843. The largest absolute Gasteiger partial charge is 0.443 e. The number of fused-ring (bicyclic) bond motifs is 3. The number of epoxide rings is 1. The molecule has 31 nitrogen and oxygen atoms in total. The third-order valence-corrected chi connectivity index (χ3v) is 21.2. The number of nitriles is 4. The standard InChI is InChI=1S/C28H26FN7O4.C19H15ClFN3O3.C16H18N4O.C15H17N3O.C9H12N4O/c1-28(2,3)40-27(39)35-14-20-25(26(35)38)21(12-19(32-20)24-16(13-30)6-5-7-17(24)29)36-11-9-23(33-36)34-10-8-18(31-4)22(37)15-34;1-19(2,3)27-18(26)24-9-14-16(17(24)25)11(20)7-13(23-14)15-10(8-22)5-4-6-12(15)21;17-10-14-6-8-19(12-15(14)21)16-7-9-20(18-16)11-13-4-2-1-3-5-13;1-2-4-12(5-3-1)10-18-9-7-15(16-18)17-8-6-13-14(11-17)19-13;10-5-7-2-4-13(6-8(7)14)9-1-3-11-12-9/h5-7,9,11-12,18,22,37H,8,10,14-15H2,1-3H3;4-7H,9H2,1-3H3;1-5,7,9,14-15,21H,6,8,11-12H2;1-5,7,9,13-14H,6,8,10-11H2;1,3,7-8,14H,2,4,6H2,(H,11,12)/t18-,22-;;14?,15-;;7?,8-/m0.0.0/s1. The van der Waals surface area contributed by atoms with Crippen LogP contribution in [0, 0.1) is 75.4 Å². The number of pyridine rings is 2. The van der Waals surface area contributed by atoms with Gasteiger partial charge >= 0.3 is 12.2 Å². The number of benzene rings is 4. The first-order chi connectivity index (χ1) is 58.1. The smallest absolute Gasteiger partial charge is 0.417 e. The van der Waals surface area contributed by atoms with Gasteiger partial charge in [-0.15, -0.1) is 0 Å². The number of aromatic amines is 1. The van der Waals surface area contributed by atoms with E-state index in [4.69, 9.17) is 42.9 Å². The van der Waals surface area contributed by atoms with Gasteiger partial charge in [0, 0.05) is 95.1 Å². The summed E-state index contributed by atoms with van der Waals surface area (Å²) in [5, 5.41) is 87.0. The predicted octanol–water partition coefficient (Wildman–Crippen LogP) is 11.7. The average molecular weight is 1660 g/mol. The van der Waals surface area contributed by atoms with Crippen LogP contribution >= 0.6 is 11.6 Å². The summed E-state index contributed by atoms with van der Waals surface area (Å²) in [7, 11) is 0. The van der Waals surface area contributed by atoms with Gasteiger partial charge in [0.05, 0.1) is 160 Å². The molecule has 13 heterocycles. The molecule has 7 aliphatic heterocycles. The fraction of sp³-hybridized carbons (Fsp3) is 0.368. The Hall–Kier alpha value is -13.5. The van der Waals surface area contributed by atoms with Gasteiger partial charge in [-0.2, -0.15) is 41.4 Å². The number of anilines is 4. The molecule has 17 rings (SSSR count). The normalized spacial score (nSPS) is 20.1. The second kappa shape index (κ2) is 37.2. The number of nitrogens with one attached hydrogen (secondary N) is 1. The molecule has 4 amide bonds. The van der Waals surface area contributed by atoms with Crippen molar-refractivity contribution in [3.63, 3.8) is 0 Å². The highest BCUT2D eigenvalue weighted by Crippen LogP contribution is 2.39. The van der Waals surface area contributed by atoms with Crippen molar-refractivity contribution in [1.82, 2.24) is 59.3 Å². The summed E-state index contributed by atoms with van der Waals surface area (Å²) in [6.07, 6.45) is 7.63. The molecule has 7 aliphatic rings. The third-order valence-electron chi connectivity index (χ3n) is 20.9. The molecule has 0 aliphatic carbocycles. The number of β-amino-alcohol motifs (C(OH)–C–C–N with tert-alkyl or cyclic N) is 3. The van der Waals surface area contributed by atoms with Crippen LogP contribution in [0.15, 0.2) is 158 Å². The molecule has 4 N–H and O–H groups in total. The van der Waals surface area contributed by atoms with Gasteiger partial charge in [0.25, 0.3) is 17.9 Å². The molecule has 0 saturated carbocycles. The lowest BCUT2D eigenvalue weighted by atomic mass is 9.95. The lowest BCUT2D eigenvalue weighted by molar-refractivity contribution is 0.0230. The number of piperidine rings is 4. The van der Waals surface area contributed by atoms with Crippen LogP contribution in [-0.4, -0.2) is 199 Å². The number of aliphatic hydroxyl groups excluding tert-OH is 3. The lowest BCUT2D eigenvalue weighted by Gasteiger charge is -2.33. The van der Waals surface area contributed by atoms with Crippen LogP contribution in [-0.2, 0) is 40.4 Å². The van der Waals surface area contributed by atoms with E-state index >= 15 is 4.39 Å². The average Bonchev–Trinajstić information content (AvgIpc) is 1.62. The van der Waals surface area contributed by atoms with Crippen molar-refractivity contribution in [2.24, 2.45) is 11.8 Å². The van der Waals surface area contributed by atoms with Crippen molar-refractivity contribution in [2.75, 3.05) is 72.0 Å². The van der Waals surface area contributed by atoms with Gasteiger partial charge in [-0.1, -0.05) is 84.4 Å². The second-order valence-electron chi connectivity index (χ2n) is 31.7. The highest BCUT2D eigenvalue weighted by atomic mass is 35.5. The number of hydrogen-bond acceptors (Lipinski definition) is 24. The number of carbonyl (C=O) groups excluding carboxylic acids is 4. The van der Waals surface area contributed by atoms with Crippen LogP contribution in [0.25, 0.3) is 33.0 Å². The SMILES string of the molecule is CC(C)(C)OC(=O)N1Cc2nc(-c3c(F)cccc3C#N)cc(Cl)c2C1=O.N#CC1CCN(c2ccn(Cc3ccccc3)n2)C[C@@H]1O.N#CC1CCN(c2ccn[nH]2)C[C@@H]1O.[C-]#[N+][C@H]1CCN(c2ccn(-c3cc(-c4c(F)cccc4C#N)nc4c3C(=O)N(C(=O)OC(C)(C)C)C4)n2)C[C@@H]1O.c1ccc(Cn2ccc(N3CCC4OC4C3)n2)cc1. The van der Waals surface area contributed by atoms with E-state index in [-0.39, 0.29) is 98.3 Å². The molecule has 4 aromatic carbocycles. The maximum absolute atomic E-state index is 15.0. The van der Waals surface area contributed by atoms with Crippen molar-refractivity contribution in [2.45, 2.75) is 141 Å².